The Morgan fingerprint density at radius 2 is 1.18 bits per heavy atom. The first-order valence-electron chi connectivity index (χ1n) is 6.38. The number of nitrogens with one attached hydrogen (secondary N) is 1. The number of benzene rings is 2. The quantitative estimate of drug-likeness (QED) is 0.695. The molecule has 1 fully saturated rings. The van der Waals surface area contributed by atoms with Crippen molar-refractivity contribution in [3.05, 3.63) is 59.7 Å². The molecule has 1 nitrogen and oxygen atoms in total. The van der Waals surface area contributed by atoms with E-state index in [-0.39, 0.29) is 0 Å². The summed E-state index contributed by atoms with van der Waals surface area (Å²) in [6, 6.07) is 17.5. The van der Waals surface area contributed by atoms with E-state index in [4.69, 9.17) is 0 Å². The van der Waals surface area contributed by atoms with Gasteiger partial charge in [-0.3, -0.25) is 0 Å². The standard InChI is InChI=1S/C16H15N/c1-3-7-15-13(5-1)11-9-10-12(11)14-6-2-4-8-16(14)17-15/h1-8,11-12,17H,9-10H2. The van der Waals surface area contributed by atoms with Gasteiger partial charge in [0.15, 0.2) is 0 Å². The maximum Gasteiger partial charge on any atom is 0.0419 e. The lowest BCUT2D eigenvalue weighted by molar-refractivity contribution is 0.350. The molecule has 0 saturated heterocycles. The van der Waals surface area contributed by atoms with Crippen LogP contribution >= 0.6 is 0 Å². The second-order valence-corrected chi connectivity index (χ2v) is 5.09. The molecule has 0 aromatic heterocycles. The van der Waals surface area contributed by atoms with E-state index in [0.717, 1.165) is 11.8 Å². The SMILES string of the molecule is c1ccc2c(c1)Nc1ccccc1C1CCC21. The predicted molar refractivity (Wildman–Crippen MR) is 70.9 cm³/mol. The lowest BCUT2D eigenvalue weighted by Crippen LogP contribution is -2.20. The molecule has 2 aromatic rings. The van der Waals surface area contributed by atoms with Crippen LogP contribution in [0.25, 0.3) is 0 Å². The minimum atomic E-state index is 0.724. The number of anilines is 2. The molecule has 1 heterocycles. The monoisotopic (exact) mass is 221 g/mol. The highest BCUT2D eigenvalue weighted by Gasteiger charge is 2.37. The van der Waals surface area contributed by atoms with Crippen molar-refractivity contribution in [2.45, 2.75) is 24.7 Å². The summed E-state index contributed by atoms with van der Waals surface area (Å²) in [4.78, 5) is 0. The fourth-order valence-corrected chi connectivity index (χ4v) is 3.26. The Bertz CT molecular complexity index is 522. The second kappa shape index (κ2) is 3.36. The first kappa shape index (κ1) is 9.29. The van der Waals surface area contributed by atoms with Gasteiger partial charge in [0.2, 0.25) is 0 Å². The third kappa shape index (κ3) is 1.25. The van der Waals surface area contributed by atoms with Crippen LogP contribution in [0.3, 0.4) is 0 Å². The first-order valence-corrected chi connectivity index (χ1v) is 6.38. The van der Waals surface area contributed by atoms with Crippen molar-refractivity contribution in [1.29, 1.82) is 0 Å². The maximum absolute atomic E-state index is 3.60. The minimum absolute atomic E-state index is 0.724. The fraction of sp³-hybridized carbons (Fsp3) is 0.250. The fourth-order valence-electron chi connectivity index (χ4n) is 3.26. The summed E-state index contributed by atoms with van der Waals surface area (Å²) >= 11 is 0. The Hall–Kier alpha value is -1.76. The van der Waals surface area contributed by atoms with E-state index in [0.29, 0.717) is 0 Å². The van der Waals surface area contributed by atoms with Gasteiger partial charge < -0.3 is 5.32 Å². The van der Waals surface area contributed by atoms with Crippen molar-refractivity contribution in [2.75, 3.05) is 5.32 Å². The van der Waals surface area contributed by atoms with Crippen LogP contribution in [0, 0.1) is 0 Å². The third-order valence-electron chi connectivity index (χ3n) is 4.26. The summed E-state index contributed by atoms with van der Waals surface area (Å²) in [7, 11) is 0. The molecule has 4 rings (SSSR count). The van der Waals surface area contributed by atoms with Crippen molar-refractivity contribution in [3.8, 4) is 0 Å². The van der Waals surface area contributed by atoms with Gasteiger partial charge in [0.05, 0.1) is 0 Å². The van der Waals surface area contributed by atoms with Gasteiger partial charge in [-0.05, 0) is 47.9 Å². The lowest BCUT2D eigenvalue weighted by atomic mass is 9.67. The molecule has 0 bridgehead atoms. The van der Waals surface area contributed by atoms with E-state index < -0.39 is 0 Å². The third-order valence-corrected chi connectivity index (χ3v) is 4.26. The Balaban J connectivity index is 1.94. The van der Waals surface area contributed by atoms with E-state index >= 15 is 0 Å². The Morgan fingerprint density at radius 3 is 1.65 bits per heavy atom. The zero-order valence-corrected chi connectivity index (χ0v) is 9.69. The molecule has 2 aliphatic rings. The van der Waals surface area contributed by atoms with E-state index in [9.17, 15) is 0 Å². The summed E-state index contributed by atoms with van der Waals surface area (Å²) in [5.41, 5.74) is 5.60. The molecule has 1 heteroatoms. The molecule has 84 valence electrons. The lowest BCUT2D eigenvalue weighted by Gasteiger charge is -2.36. The van der Waals surface area contributed by atoms with E-state index in [2.05, 4.69) is 53.8 Å². The van der Waals surface area contributed by atoms with E-state index in [1.165, 1.54) is 35.3 Å². The molecular weight excluding hydrogens is 206 g/mol. The maximum atomic E-state index is 3.60. The van der Waals surface area contributed by atoms with Gasteiger partial charge in [0, 0.05) is 11.4 Å². The first-order chi connectivity index (χ1) is 8.43. The zero-order valence-electron chi connectivity index (χ0n) is 9.69. The number of rotatable bonds is 0. The largest absolute Gasteiger partial charge is 0.355 e. The minimum Gasteiger partial charge on any atom is -0.355 e. The molecular formula is C16H15N. The van der Waals surface area contributed by atoms with Crippen molar-refractivity contribution in [3.63, 3.8) is 0 Å². The van der Waals surface area contributed by atoms with Crippen LogP contribution in [0.15, 0.2) is 48.5 Å². The molecule has 1 N–H and O–H groups in total. The Labute approximate surface area is 101 Å². The van der Waals surface area contributed by atoms with Crippen LogP contribution in [0.1, 0.15) is 35.8 Å². The van der Waals surface area contributed by atoms with E-state index in [1.807, 2.05) is 0 Å². The molecule has 1 saturated carbocycles. The van der Waals surface area contributed by atoms with Gasteiger partial charge in [-0.2, -0.15) is 0 Å². The smallest absolute Gasteiger partial charge is 0.0419 e. The topological polar surface area (TPSA) is 12.0 Å². The highest BCUT2D eigenvalue weighted by Crippen LogP contribution is 2.54. The molecule has 2 aromatic carbocycles. The summed E-state index contributed by atoms with van der Waals surface area (Å²) in [5, 5.41) is 3.60. The summed E-state index contributed by atoms with van der Waals surface area (Å²) in [6.07, 6.45) is 2.66. The summed E-state index contributed by atoms with van der Waals surface area (Å²) < 4.78 is 0. The van der Waals surface area contributed by atoms with Crippen LogP contribution < -0.4 is 5.32 Å². The molecule has 17 heavy (non-hydrogen) atoms. The van der Waals surface area contributed by atoms with Gasteiger partial charge in [0.25, 0.3) is 0 Å². The molecule has 1 aliphatic heterocycles. The second-order valence-electron chi connectivity index (χ2n) is 5.09. The normalized spacial score (nSPS) is 24.5. The van der Waals surface area contributed by atoms with Crippen LogP contribution in [0.4, 0.5) is 11.4 Å². The summed E-state index contributed by atoms with van der Waals surface area (Å²) in [5.74, 6) is 1.45. The average Bonchev–Trinajstić information content (AvgIpc) is 2.41. The van der Waals surface area contributed by atoms with Gasteiger partial charge in [0.1, 0.15) is 0 Å². The molecule has 1 aliphatic carbocycles. The van der Waals surface area contributed by atoms with Crippen molar-refractivity contribution >= 4 is 11.4 Å². The van der Waals surface area contributed by atoms with Gasteiger partial charge in [-0.15, -0.1) is 0 Å². The van der Waals surface area contributed by atoms with Gasteiger partial charge in [-0.25, -0.2) is 0 Å². The van der Waals surface area contributed by atoms with Gasteiger partial charge >= 0.3 is 0 Å². The molecule has 0 amide bonds. The van der Waals surface area contributed by atoms with Crippen LogP contribution in [-0.2, 0) is 0 Å². The zero-order chi connectivity index (χ0) is 11.2. The van der Waals surface area contributed by atoms with Crippen molar-refractivity contribution in [2.24, 2.45) is 0 Å². The molecule has 2 atom stereocenters. The molecule has 2 unspecified atom stereocenters. The number of hydrogen-bond donors (Lipinski definition) is 1. The average molecular weight is 221 g/mol. The Kier molecular flexibility index (Phi) is 1.84. The molecule has 0 spiro atoms. The number of hydrogen-bond acceptors (Lipinski definition) is 1. The number of para-hydroxylation sites is 2. The summed E-state index contributed by atoms with van der Waals surface area (Å²) in [6.45, 7) is 0. The molecule has 0 radical (unpaired) electrons. The van der Waals surface area contributed by atoms with Crippen molar-refractivity contribution in [1.82, 2.24) is 0 Å². The van der Waals surface area contributed by atoms with Crippen molar-refractivity contribution < 1.29 is 0 Å². The van der Waals surface area contributed by atoms with Crippen LogP contribution in [-0.4, -0.2) is 0 Å². The predicted octanol–water partition coefficient (Wildman–Crippen LogP) is 4.40. The van der Waals surface area contributed by atoms with Crippen LogP contribution in [0.2, 0.25) is 0 Å². The van der Waals surface area contributed by atoms with Crippen LogP contribution in [0.5, 0.6) is 0 Å². The highest BCUT2D eigenvalue weighted by molar-refractivity contribution is 5.70. The van der Waals surface area contributed by atoms with E-state index in [1.54, 1.807) is 0 Å². The Morgan fingerprint density at radius 1 is 0.706 bits per heavy atom. The number of fused-ring (bicyclic) bond motifs is 5. The van der Waals surface area contributed by atoms with Gasteiger partial charge in [-0.1, -0.05) is 36.4 Å². The highest BCUT2D eigenvalue weighted by atomic mass is 14.9.